The van der Waals surface area contributed by atoms with Crippen LogP contribution in [0.4, 0.5) is 5.13 Å². The van der Waals surface area contributed by atoms with Crippen LogP contribution in [0.25, 0.3) is 0 Å². The molecule has 1 saturated heterocycles. The number of likely N-dealkylation sites (tertiary alicyclic amines) is 1. The van der Waals surface area contributed by atoms with Gasteiger partial charge in [0.1, 0.15) is 5.88 Å². The highest BCUT2D eigenvalue weighted by Crippen LogP contribution is 2.20. The molecule has 1 aliphatic heterocycles. The van der Waals surface area contributed by atoms with Crippen LogP contribution in [0, 0.1) is 5.92 Å². The molecule has 1 aromatic rings. The Morgan fingerprint density at radius 3 is 2.89 bits per heavy atom. The van der Waals surface area contributed by atoms with Crippen LogP contribution in [-0.2, 0) is 11.3 Å². The van der Waals surface area contributed by atoms with E-state index in [0.29, 0.717) is 5.13 Å². The molecule has 1 N–H and O–H groups in total. The molecule has 1 amide bonds. The van der Waals surface area contributed by atoms with E-state index < -0.39 is 0 Å². The lowest BCUT2D eigenvalue weighted by Crippen LogP contribution is -2.32. The molecule has 0 saturated carbocycles. The number of nitrogens with zero attached hydrogens (tertiary/aromatic N) is 2. The second-order valence-corrected chi connectivity index (χ2v) is 5.91. The van der Waals surface area contributed by atoms with Crippen molar-refractivity contribution in [1.29, 1.82) is 0 Å². The maximum atomic E-state index is 11.1. The number of piperidine rings is 1. The zero-order valence-corrected chi connectivity index (χ0v) is 13.3. The quantitative estimate of drug-likeness (QED) is 0.866. The van der Waals surface area contributed by atoms with E-state index >= 15 is 0 Å². The number of amides is 1. The summed E-state index contributed by atoms with van der Waals surface area (Å²) in [5.41, 5.74) is 1.03. The van der Waals surface area contributed by atoms with Crippen LogP contribution in [0.15, 0.2) is 5.38 Å². The van der Waals surface area contributed by atoms with Gasteiger partial charge in [0.05, 0.1) is 5.69 Å². The minimum Gasteiger partial charge on any atom is -0.301 e. The molecule has 0 aliphatic carbocycles. The predicted molar refractivity (Wildman–Crippen MR) is 82.4 cm³/mol. The van der Waals surface area contributed by atoms with Gasteiger partial charge in [0.15, 0.2) is 5.13 Å². The zero-order chi connectivity index (χ0) is 13.0. The highest BCUT2D eigenvalue weighted by Gasteiger charge is 2.16. The molecule has 0 spiro atoms. The summed E-state index contributed by atoms with van der Waals surface area (Å²) in [7, 11) is 0. The lowest BCUT2D eigenvalue weighted by atomic mass is 9.99. The van der Waals surface area contributed by atoms with Crippen LogP contribution < -0.4 is 5.32 Å². The Bertz CT molecular complexity index is 405. The smallest absolute Gasteiger partial charge is 0.241 e. The van der Waals surface area contributed by atoms with Gasteiger partial charge in [-0.25, -0.2) is 4.98 Å². The first kappa shape index (κ1) is 16.7. The Morgan fingerprint density at radius 2 is 2.26 bits per heavy atom. The lowest BCUT2D eigenvalue weighted by Gasteiger charge is -2.29. The third-order valence-corrected chi connectivity index (χ3v) is 4.23. The first-order valence-corrected chi connectivity index (χ1v) is 7.61. The van der Waals surface area contributed by atoms with Gasteiger partial charge in [-0.15, -0.1) is 35.3 Å². The molecule has 0 radical (unpaired) electrons. The Balaban J connectivity index is 0.00000180. The maximum Gasteiger partial charge on any atom is 0.241 e. The van der Waals surface area contributed by atoms with Gasteiger partial charge in [0.25, 0.3) is 0 Å². The van der Waals surface area contributed by atoms with E-state index in [9.17, 15) is 4.79 Å². The summed E-state index contributed by atoms with van der Waals surface area (Å²) in [4.78, 5) is 17.9. The van der Waals surface area contributed by atoms with Gasteiger partial charge in [-0.2, -0.15) is 0 Å². The predicted octanol–water partition coefficient (Wildman–Crippen LogP) is 2.97. The molecule has 108 valence electrons. The van der Waals surface area contributed by atoms with Crippen molar-refractivity contribution in [3.8, 4) is 0 Å². The van der Waals surface area contributed by atoms with E-state index in [-0.39, 0.29) is 24.2 Å². The minimum atomic E-state index is -0.204. The fourth-order valence-electron chi connectivity index (χ4n) is 2.04. The molecular weight excluding hydrogens is 305 g/mol. The van der Waals surface area contributed by atoms with Gasteiger partial charge >= 0.3 is 0 Å². The Kier molecular flexibility index (Phi) is 7.07. The Morgan fingerprint density at radius 1 is 1.58 bits per heavy atom. The summed E-state index contributed by atoms with van der Waals surface area (Å²) >= 11 is 6.89. The van der Waals surface area contributed by atoms with Gasteiger partial charge < -0.3 is 5.32 Å². The maximum absolute atomic E-state index is 11.1. The Labute approximate surface area is 128 Å². The largest absolute Gasteiger partial charge is 0.301 e. The summed E-state index contributed by atoms with van der Waals surface area (Å²) < 4.78 is 0. The van der Waals surface area contributed by atoms with Crippen molar-refractivity contribution < 1.29 is 4.79 Å². The van der Waals surface area contributed by atoms with Crippen molar-refractivity contribution >= 4 is 46.4 Å². The molecule has 0 bridgehead atoms. The number of halogens is 2. The number of hydrogen-bond acceptors (Lipinski definition) is 4. The molecule has 0 unspecified atom stereocenters. The van der Waals surface area contributed by atoms with Gasteiger partial charge in [0.2, 0.25) is 5.91 Å². The summed E-state index contributed by atoms with van der Waals surface area (Å²) in [5, 5.41) is 5.32. The van der Waals surface area contributed by atoms with Gasteiger partial charge in [-0.1, -0.05) is 6.92 Å². The molecule has 4 nitrogen and oxygen atoms in total. The minimum absolute atomic E-state index is 0. The van der Waals surface area contributed by atoms with Crippen LogP contribution in [0.3, 0.4) is 0 Å². The highest BCUT2D eigenvalue weighted by atomic mass is 35.5. The average molecular weight is 324 g/mol. The highest BCUT2D eigenvalue weighted by molar-refractivity contribution is 7.13. The number of anilines is 1. The van der Waals surface area contributed by atoms with E-state index in [4.69, 9.17) is 11.6 Å². The second-order valence-electron chi connectivity index (χ2n) is 4.78. The number of carbonyl (C=O) groups excluding carboxylic acids is 1. The van der Waals surface area contributed by atoms with E-state index in [0.717, 1.165) is 31.2 Å². The van der Waals surface area contributed by atoms with Crippen molar-refractivity contribution in [2.24, 2.45) is 5.92 Å². The molecule has 1 fully saturated rings. The summed E-state index contributed by atoms with van der Waals surface area (Å²) in [6, 6.07) is 0. The number of hydrogen-bond donors (Lipinski definition) is 1. The van der Waals surface area contributed by atoms with E-state index in [1.807, 2.05) is 5.38 Å². The molecule has 19 heavy (non-hydrogen) atoms. The normalized spacial score (nSPS) is 16.9. The van der Waals surface area contributed by atoms with Gasteiger partial charge in [-0.3, -0.25) is 9.69 Å². The van der Waals surface area contributed by atoms with Gasteiger partial charge in [0, 0.05) is 11.9 Å². The van der Waals surface area contributed by atoms with E-state index in [1.54, 1.807) is 0 Å². The number of alkyl halides is 1. The summed E-state index contributed by atoms with van der Waals surface area (Å²) in [5.74, 6) is 0.610. The molecular formula is C12H19Cl2N3OS. The van der Waals surface area contributed by atoms with Crippen molar-refractivity contribution in [1.82, 2.24) is 9.88 Å². The summed E-state index contributed by atoms with van der Waals surface area (Å²) in [6.45, 7) is 5.46. The fraction of sp³-hybridized carbons (Fsp3) is 0.667. The average Bonchev–Trinajstić information content (AvgIpc) is 2.79. The SMILES string of the molecule is CC1CCN(Cc2csc(NC(=O)CCl)n2)CC1.Cl. The fourth-order valence-corrected chi connectivity index (χ4v) is 2.82. The molecule has 1 aliphatic rings. The van der Waals surface area contributed by atoms with Crippen molar-refractivity contribution in [3.05, 3.63) is 11.1 Å². The molecule has 7 heteroatoms. The lowest BCUT2D eigenvalue weighted by molar-refractivity contribution is -0.113. The first-order valence-electron chi connectivity index (χ1n) is 6.20. The number of carbonyl (C=O) groups is 1. The third-order valence-electron chi connectivity index (χ3n) is 3.18. The first-order chi connectivity index (χ1) is 8.67. The van der Waals surface area contributed by atoms with Crippen molar-refractivity contribution in [2.45, 2.75) is 26.3 Å². The second kappa shape index (κ2) is 8.04. The van der Waals surface area contributed by atoms with Crippen LogP contribution in [0.5, 0.6) is 0 Å². The molecule has 0 atom stereocenters. The van der Waals surface area contributed by atoms with Crippen LogP contribution in [-0.4, -0.2) is 34.8 Å². The number of nitrogens with one attached hydrogen (secondary N) is 1. The summed E-state index contributed by atoms with van der Waals surface area (Å²) in [6.07, 6.45) is 2.53. The van der Waals surface area contributed by atoms with E-state index in [1.165, 1.54) is 24.2 Å². The van der Waals surface area contributed by atoms with Gasteiger partial charge in [-0.05, 0) is 31.8 Å². The van der Waals surface area contributed by atoms with Crippen LogP contribution >= 0.6 is 35.3 Å². The number of aromatic nitrogens is 1. The molecule has 2 rings (SSSR count). The number of rotatable bonds is 4. The molecule has 1 aromatic heterocycles. The van der Waals surface area contributed by atoms with E-state index in [2.05, 4.69) is 22.1 Å². The van der Waals surface area contributed by atoms with Crippen LogP contribution in [0.2, 0.25) is 0 Å². The zero-order valence-electron chi connectivity index (χ0n) is 10.9. The van der Waals surface area contributed by atoms with Crippen molar-refractivity contribution in [3.63, 3.8) is 0 Å². The third kappa shape index (κ3) is 5.26. The van der Waals surface area contributed by atoms with Crippen LogP contribution in [0.1, 0.15) is 25.5 Å². The molecule has 2 heterocycles. The topological polar surface area (TPSA) is 45.2 Å². The number of thiazole rings is 1. The monoisotopic (exact) mass is 323 g/mol. The van der Waals surface area contributed by atoms with Crippen molar-refractivity contribution in [2.75, 3.05) is 24.3 Å². The standard InChI is InChI=1S/C12H18ClN3OS.ClH/c1-9-2-4-16(5-3-9)7-10-8-18-12(14-10)15-11(17)6-13;/h8-9H,2-7H2,1H3,(H,14,15,17);1H. The molecule has 0 aromatic carbocycles. The Hall–Kier alpha value is -0.360.